The summed E-state index contributed by atoms with van der Waals surface area (Å²) in [4.78, 5) is 0. The summed E-state index contributed by atoms with van der Waals surface area (Å²) in [5, 5.41) is 6.99. The van der Waals surface area contributed by atoms with Gasteiger partial charge in [-0.3, -0.25) is 0 Å². The Balaban J connectivity index is 1.88. The van der Waals surface area contributed by atoms with Gasteiger partial charge in [0.05, 0.1) is 10.0 Å². The minimum Gasteiger partial charge on any atom is -0.380 e. The quantitative estimate of drug-likeness (QED) is 0.545. The van der Waals surface area contributed by atoms with Crippen LogP contribution >= 0.6 is 39.1 Å². The summed E-state index contributed by atoms with van der Waals surface area (Å²) in [7, 11) is 0. The summed E-state index contributed by atoms with van der Waals surface area (Å²) < 4.78 is 1.10. The van der Waals surface area contributed by atoms with Crippen LogP contribution in [0.1, 0.15) is 5.56 Å². The van der Waals surface area contributed by atoms with Crippen molar-refractivity contribution in [1.82, 2.24) is 0 Å². The normalized spacial score (nSPS) is 10.8. The van der Waals surface area contributed by atoms with Crippen LogP contribution in [0.15, 0.2) is 59.1 Å². The first-order chi connectivity index (χ1) is 10.1. The van der Waals surface area contributed by atoms with Gasteiger partial charge in [-0.05, 0) is 35.2 Å². The number of hydrogen-bond donors (Lipinski definition) is 1. The molecule has 4 heteroatoms. The van der Waals surface area contributed by atoms with Crippen molar-refractivity contribution in [3.63, 3.8) is 0 Å². The van der Waals surface area contributed by atoms with Gasteiger partial charge in [-0.1, -0.05) is 69.5 Å². The van der Waals surface area contributed by atoms with Gasteiger partial charge >= 0.3 is 0 Å². The van der Waals surface area contributed by atoms with Crippen molar-refractivity contribution in [3.8, 4) is 0 Å². The molecule has 0 atom stereocenters. The number of rotatable bonds is 3. The summed E-state index contributed by atoms with van der Waals surface area (Å²) in [5.74, 6) is 0. The molecule has 3 aromatic carbocycles. The Morgan fingerprint density at radius 2 is 1.62 bits per heavy atom. The van der Waals surface area contributed by atoms with E-state index in [1.54, 1.807) is 0 Å². The molecule has 0 amide bonds. The molecular formula is C17H12BrCl2N. The fourth-order valence-corrected chi connectivity index (χ4v) is 3.06. The Morgan fingerprint density at radius 1 is 0.857 bits per heavy atom. The summed E-state index contributed by atoms with van der Waals surface area (Å²) in [6, 6.07) is 18.1. The first-order valence-corrected chi connectivity index (χ1v) is 8.05. The minimum atomic E-state index is 0.578. The van der Waals surface area contributed by atoms with Gasteiger partial charge in [0.15, 0.2) is 0 Å². The highest BCUT2D eigenvalue weighted by atomic mass is 79.9. The average molecular weight is 381 g/mol. The predicted octanol–water partition coefficient (Wildman–Crippen LogP) is 6.52. The van der Waals surface area contributed by atoms with Crippen LogP contribution in [-0.2, 0) is 6.54 Å². The van der Waals surface area contributed by atoms with Crippen LogP contribution in [0, 0.1) is 0 Å². The van der Waals surface area contributed by atoms with E-state index < -0.39 is 0 Å². The second-order valence-corrected chi connectivity index (χ2v) is 6.41. The molecule has 0 heterocycles. The molecule has 1 N–H and O–H groups in total. The predicted molar refractivity (Wildman–Crippen MR) is 95.4 cm³/mol. The lowest BCUT2D eigenvalue weighted by Crippen LogP contribution is -2.00. The van der Waals surface area contributed by atoms with Crippen LogP contribution in [0.3, 0.4) is 0 Å². The monoisotopic (exact) mass is 379 g/mol. The van der Waals surface area contributed by atoms with Crippen molar-refractivity contribution in [3.05, 3.63) is 74.7 Å². The lowest BCUT2D eigenvalue weighted by atomic mass is 10.1. The maximum Gasteiger partial charge on any atom is 0.0595 e. The maximum absolute atomic E-state index is 6.05. The van der Waals surface area contributed by atoms with Crippen LogP contribution in [0.5, 0.6) is 0 Å². The molecular weight excluding hydrogens is 369 g/mol. The first-order valence-electron chi connectivity index (χ1n) is 6.50. The highest BCUT2D eigenvalue weighted by molar-refractivity contribution is 9.10. The maximum atomic E-state index is 6.05. The second-order valence-electron chi connectivity index (χ2n) is 4.74. The summed E-state index contributed by atoms with van der Waals surface area (Å²) in [6.45, 7) is 0.697. The largest absolute Gasteiger partial charge is 0.380 e. The third kappa shape index (κ3) is 3.18. The van der Waals surface area contributed by atoms with Gasteiger partial charge in [0, 0.05) is 22.1 Å². The SMILES string of the molecule is Clc1ccc(CNc2ccc(Br)c3ccccc23)cc1Cl. The van der Waals surface area contributed by atoms with E-state index in [0.717, 1.165) is 15.7 Å². The summed E-state index contributed by atoms with van der Waals surface area (Å²) >= 11 is 15.6. The number of fused-ring (bicyclic) bond motifs is 1. The zero-order valence-electron chi connectivity index (χ0n) is 11.0. The topological polar surface area (TPSA) is 12.0 Å². The van der Waals surface area contributed by atoms with Crippen LogP contribution in [0.4, 0.5) is 5.69 Å². The van der Waals surface area contributed by atoms with Crippen LogP contribution in [0.2, 0.25) is 10.0 Å². The summed E-state index contributed by atoms with van der Waals surface area (Å²) in [6.07, 6.45) is 0. The van der Waals surface area contributed by atoms with Gasteiger partial charge in [0.2, 0.25) is 0 Å². The fraction of sp³-hybridized carbons (Fsp3) is 0.0588. The molecule has 0 aliphatic heterocycles. The van der Waals surface area contributed by atoms with E-state index in [1.807, 2.05) is 30.3 Å². The van der Waals surface area contributed by atoms with Crippen LogP contribution in [0.25, 0.3) is 10.8 Å². The van der Waals surface area contributed by atoms with E-state index in [-0.39, 0.29) is 0 Å². The highest BCUT2D eigenvalue weighted by Crippen LogP contribution is 2.30. The van der Waals surface area contributed by atoms with E-state index in [2.05, 4.69) is 45.5 Å². The van der Waals surface area contributed by atoms with E-state index in [9.17, 15) is 0 Å². The van der Waals surface area contributed by atoms with Crippen LogP contribution < -0.4 is 5.32 Å². The molecule has 0 aromatic heterocycles. The molecule has 0 aliphatic rings. The molecule has 21 heavy (non-hydrogen) atoms. The van der Waals surface area contributed by atoms with Crippen LogP contribution in [-0.4, -0.2) is 0 Å². The Bertz CT molecular complexity index is 802. The molecule has 0 fully saturated rings. The zero-order valence-corrected chi connectivity index (χ0v) is 14.1. The molecule has 1 nitrogen and oxygen atoms in total. The fourth-order valence-electron chi connectivity index (χ4n) is 2.26. The molecule has 3 rings (SSSR count). The Morgan fingerprint density at radius 3 is 2.38 bits per heavy atom. The zero-order chi connectivity index (χ0) is 14.8. The van der Waals surface area contributed by atoms with Gasteiger partial charge in [-0.25, -0.2) is 0 Å². The standard InChI is InChI=1S/C17H12BrCl2N/c18-14-6-8-17(13-4-2-1-3-12(13)14)21-10-11-5-7-15(19)16(20)9-11/h1-9,21H,10H2. The molecule has 0 bridgehead atoms. The molecule has 0 unspecified atom stereocenters. The van der Waals surface area contributed by atoms with E-state index in [0.29, 0.717) is 16.6 Å². The van der Waals surface area contributed by atoms with Crippen molar-refractivity contribution in [2.75, 3.05) is 5.32 Å². The number of halogens is 3. The van der Waals surface area contributed by atoms with Gasteiger partial charge in [-0.15, -0.1) is 0 Å². The van der Waals surface area contributed by atoms with Gasteiger partial charge in [-0.2, -0.15) is 0 Å². The van der Waals surface area contributed by atoms with Crippen molar-refractivity contribution in [2.24, 2.45) is 0 Å². The molecule has 0 saturated carbocycles. The molecule has 0 aliphatic carbocycles. The number of anilines is 1. The van der Waals surface area contributed by atoms with Gasteiger partial charge < -0.3 is 5.32 Å². The Labute approximate surface area is 142 Å². The highest BCUT2D eigenvalue weighted by Gasteiger charge is 2.04. The summed E-state index contributed by atoms with van der Waals surface area (Å²) in [5.41, 5.74) is 2.19. The number of nitrogens with one attached hydrogen (secondary N) is 1. The lowest BCUT2D eigenvalue weighted by Gasteiger charge is -2.11. The lowest BCUT2D eigenvalue weighted by molar-refractivity contribution is 1.15. The molecule has 0 spiro atoms. The smallest absolute Gasteiger partial charge is 0.0595 e. The van der Waals surface area contributed by atoms with E-state index >= 15 is 0 Å². The second kappa shape index (κ2) is 6.27. The molecule has 0 radical (unpaired) electrons. The Hall–Kier alpha value is -1.22. The first kappa shape index (κ1) is 14.7. The van der Waals surface area contributed by atoms with E-state index in [1.165, 1.54) is 10.8 Å². The number of benzene rings is 3. The van der Waals surface area contributed by atoms with E-state index in [4.69, 9.17) is 23.2 Å². The van der Waals surface area contributed by atoms with Crippen molar-refractivity contribution in [1.29, 1.82) is 0 Å². The molecule has 3 aromatic rings. The third-order valence-electron chi connectivity index (χ3n) is 3.34. The molecule has 106 valence electrons. The Kier molecular flexibility index (Phi) is 4.39. The van der Waals surface area contributed by atoms with Crippen molar-refractivity contribution in [2.45, 2.75) is 6.54 Å². The van der Waals surface area contributed by atoms with Crippen molar-refractivity contribution >= 4 is 55.6 Å². The minimum absolute atomic E-state index is 0.578. The van der Waals surface area contributed by atoms with Crippen molar-refractivity contribution < 1.29 is 0 Å². The molecule has 0 saturated heterocycles. The van der Waals surface area contributed by atoms with Gasteiger partial charge in [0.25, 0.3) is 0 Å². The number of hydrogen-bond acceptors (Lipinski definition) is 1. The third-order valence-corrected chi connectivity index (χ3v) is 4.77. The average Bonchev–Trinajstić information content (AvgIpc) is 2.50. The van der Waals surface area contributed by atoms with Gasteiger partial charge in [0.1, 0.15) is 0 Å².